The zero-order valence-corrected chi connectivity index (χ0v) is 16.4. The van der Waals surface area contributed by atoms with Gasteiger partial charge in [0, 0.05) is 17.8 Å². The largest absolute Gasteiger partial charge is 0.465 e. The topological polar surface area (TPSA) is 92.8 Å². The maximum atomic E-state index is 12.4. The SMILES string of the molecule is COC(=O)c1c(NC(=O)CCN2C(=O)[C@H]3CC=CC[C@H]3C2=O)sc(C)c1C. The smallest absolute Gasteiger partial charge is 0.341 e. The van der Waals surface area contributed by atoms with Crippen LogP contribution in [0.1, 0.15) is 40.1 Å². The molecule has 0 unspecified atom stereocenters. The summed E-state index contributed by atoms with van der Waals surface area (Å²) in [5, 5.41) is 3.15. The van der Waals surface area contributed by atoms with E-state index in [9.17, 15) is 19.2 Å². The first-order valence-electron chi connectivity index (χ1n) is 8.83. The number of amides is 3. The van der Waals surface area contributed by atoms with E-state index in [0.29, 0.717) is 23.4 Å². The summed E-state index contributed by atoms with van der Waals surface area (Å²) in [6, 6.07) is 0. The Hall–Kier alpha value is -2.48. The second kappa shape index (κ2) is 7.64. The number of nitrogens with zero attached hydrogens (tertiary/aromatic N) is 1. The first-order valence-corrected chi connectivity index (χ1v) is 9.65. The van der Waals surface area contributed by atoms with Gasteiger partial charge in [-0.3, -0.25) is 19.3 Å². The van der Waals surface area contributed by atoms with Crippen LogP contribution in [-0.4, -0.2) is 42.2 Å². The number of allylic oxidation sites excluding steroid dienone is 2. The number of likely N-dealkylation sites (tertiary alicyclic amines) is 1. The number of thiophene rings is 1. The second-order valence-electron chi connectivity index (χ2n) is 6.76. The molecule has 0 spiro atoms. The number of anilines is 1. The molecule has 0 saturated carbocycles. The van der Waals surface area contributed by atoms with Gasteiger partial charge < -0.3 is 10.1 Å². The van der Waals surface area contributed by atoms with Crippen molar-refractivity contribution in [2.75, 3.05) is 19.0 Å². The van der Waals surface area contributed by atoms with Crippen LogP contribution in [0.15, 0.2) is 12.2 Å². The Labute approximate surface area is 161 Å². The molecule has 1 saturated heterocycles. The molecule has 1 aliphatic carbocycles. The normalized spacial score (nSPS) is 21.4. The lowest BCUT2D eigenvalue weighted by Crippen LogP contribution is -2.34. The van der Waals surface area contributed by atoms with Crippen LogP contribution in [0.25, 0.3) is 0 Å². The second-order valence-corrected chi connectivity index (χ2v) is 7.99. The molecule has 1 fully saturated rings. The van der Waals surface area contributed by atoms with Gasteiger partial charge in [0.15, 0.2) is 0 Å². The van der Waals surface area contributed by atoms with Gasteiger partial charge in [0.25, 0.3) is 0 Å². The molecular formula is C19H22N2O5S. The lowest BCUT2D eigenvalue weighted by atomic mass is 9.85. The summed E-state index contributed by atoms with van der Waals surface area (Å²) in [6.45, 7) is 3.71. The highest BCUT2D eigenvalue weighted by molar-refractivity contribution is 7.16. The van der Waals surface area contributed by atoms with Crippen molar-refractivity contribution in [3.8, 4) is 0 Å². The number of esters is 1. The molecule has 8 heteroatoms. The minimum absolute atomic E-state index is 0.0129. The van der Waals surface area contributed by atoms with Gasteiger partial charge in [-0.05, 0) is 32.3 Å². The van der Waals surface area contributed by atoms with E-state index in [1.54, 1.807) is 6.92 Å². The Bertz CT molecular complexity index is 815. The molecular weight excluding hydrogens is 368 g/mol. The predicted octanol–water partition coefficient (Wildman–Crippen LogP) is 2.43. The molecule has 1 aromatic rings. The standard InChI is InChI=1S/C19H22N2O5S/c1-10-11(2)27-16(15(10)19(25)26-3)20-14(22)8-9-21-17(23)12-6-4-5-7-13(12)18(21)24/h4-5,12-13H,6-9H2,1-3H3,(H,20,22)/t12-,13+. The molecule has 1 aliphatic heterocycles. The van der Waals surface area contributed by atoms with Gasteiger partial charge in [-0.1, -0.05) is 12.2 Å². The summed E-state index contributed by atoms with van der Waals surface area (Å²) in [5.74, 6) is -1.83. The zero-order chi connectivity index (χ0) is 19.7. The number of rotatable bonds is 5. The van der Waals surface area contributed by atoms with Gasteiger partial charge >= 0.3 is 5.97 Å². The van der Waals surface area contributed by atoms with E-state index in [4.69, 9.17) is 4.74 Å². The summed E-state index contributed by atoms with van der Waals surface area (Å²) >= 11 is 1.30. The predicted molar refractivity (Wildman–Crippen MR) is 100 cm³/mol. The number of hydrogen-bond donors (Lipinski definition) is 1. The Morgan fingerprint density at radius 3 is 2.33 bits per heavy atom. The first-order chi connectivity index (χ1) is 12.8. The lowest BCUT2D eigenvalue weighted by Gasteiger charge is -2.14. The van der Waals surface area contributed by atoms with Crippen LogP contribution in [-0.2, 0) is 19.1 Å². The van der Waals surface area contributed by atoms with Crippen LogP contribution in [0.5, 0.6) is 0 Å². The van der Waals surface area contributed by atoms with Crippen molar-refractivity contribution in [3.63, 3.8) is 0 Å². The molecule has 0 radical (unpaired) electrons. The van der Waals surface area contributed by atoms with Crippen LogP contribution in [0.3, 0.4) is 0 Å². The van der Waals surface area contributed by atoms with Gasteiger partial charge in [-0.2, -0.15) is 0 Å². The number of carbonyl (C=O) groups excluding carboxylic acids is 4. The van der Waals surface area contributed by atoms with E-state index in [0.717, 1.165) is 10.4 Å². The van der Waals surface area contributed by atoms with E-state index in [2.05, 4.69) is 5.32 Å². The van der Waals surface area contributed by atoms with Gasteiger partial charge in [-0.15, -0.1) is 11.3 Å². The van der Waals surface area contributed by atoms with Crippen molar-refractivity contribution >= 4 is 40.0 Å². The van der Waals surface area contributed by atoms with Crippen molar-refractivity contribution in [1.82, 2.24) is 4.90 Å². The summed E-state index contributed by atoms with van der Waals surface area (Å²) in [7, 11) is 1.29. The van der Waals surface area contributed by atoms with E-state index < -0.39 is 5.97 Å². The maximum Gasteiger partial charge on any atom is 0.341 e. The third kappa shape index (κ3) is 3.53. The van der Waals surface area contributed by atoms with Gasteiger partial charge in [0.1, 0.15) is 5.00 Å². The highest BCUT2D eigenvalue weighted by Gasteiger charge is 2.46. The third-order valence-electron chi connectivity index (χ3n) is 5.19. The monoisotopic (exact) mass is 390 g/mol. The molecule has 1 aromatic heterocycles. The fourth-order valence-corrected chi connectivity index (χ4v) is 4.62. The minimum atomic E-state index is -0.506. The fraction of sp³-hybridized carbons (Fsp3) is 0.474. The van der Waals surface area contributed by atoms with E-state index >= 15 is 0 Å². The average molecular weight is 390 g/mol. The Kier molecular flexibility index (Phi) is 5.46. The highest BCUT2D eigenvalue weighted by atomic mass is 32.1. The van der Waals surface area contributed by atoms with Gasteiger partial charge in [0.05, 0.1) is 24.5 Å². The quantitative estimate of drug-likeness (QED) is 0.474. The number of nitrogens with one attached hydrogen (secondary N) is 1. The highest BCUT2D eigenvalue weighted by Crippen LogP contribution is 2.35. The van der Waals surface area contributed by atoms with E-state index in [-0.39, 0.29) is 42.5 Å². The summed E-state index contributed by atoms with van der Waals surface area (Å²) < 4.78 is 4.79. The molecule has 2 heterocycles. The molecule has 0 aromatic carbocycles. The molecule has 2 aliphatic rings. The zero-order valence-electron chi connectivity index (χ0n) is 15.5. The van der Waals surface area contributed by atoms with Gasteiger partial charge in [0.2, 0.25) is 17.7 Å². The van der Waals surface area contributed by atoms with E-state index in [1.807, 2.05) is 19.1 Å². The molecule has 144 valence electrons. The fourth-order valence-electron chi connectivity index (χ4n) is 3.55. The number of imide groups is 1. The average Bonchev–Trinajstić information content (AvgIpc) is 3.07. The van der Waals surface area contributed by atoms with E-state index in [1.165, 1.54) is 23.3 Å². The lowest BCUT2D eigenvalue weighted by molar-refractivity contribution is -0.140. The number of aryl methyl sites for hydroxylation is 1. The first kappa shape index (κ1) is 19.3. The number of methoxy groups -OCH3 is 1. The van der Waals surface area contributed by atoms with Crippen LogP contribution >= 0.6 is 11.3 Å². The number of carbonyl (C=O) groups is 4. The third-order valence-corrected chi connectivity index (χ3v) is 6.31. The van der Waals surface area contributed by atoms with Crippen LogP contribution < -0.4 is 5.32 Å². The van der Waals surface area contributed by atoms with Crippen molar-refractivity contribution in [2.24, 2.45) is 11.8 Å². The van der Waals surface area contributed by atoms with Crippen LogP contribution in [0, 0.1) is 25.7 Å². The molecule has 7 nitrogen and oxygen atoms in total. The number of ether oxygens (including phenoxy) is 1. The van der Waals surface area contributed by atoms with Crippen molar-refractivity contribution in [2.45, 2.75) is 33.1 Å². The van der Waals surface area contributed by atoms with Crippen molar-refractivity contribution < 1.29 is 23.9 Å². The summed E-state index contributed by atoms with van der Waals surface area (Å²) in [5.41, 5.74) is 1.11. The minimum Gasteiger partial charge on any atom is -0.465 e. The summed E-state index contributed by atoms with van der Waals surface area (Å²) in [6.07, 6.45) is 5.00. The Morgan fingerprint density at radius 2 is 1.78 bits per heavy atom. The number of hydrogen-bond acceptors (Lipinski definition) is 6. The molecule has 0 bridgehead atoms. The molecule has 2 atom stereocenters. The van der Waals surface area contributed by atoms with Gasteiger partial charge in [-0.25, -0.2) is 4.79 Å². The molecule has 27 heavy (non-hydrogen) atoms. The van der Waals surface area contributed by atoms with Crippen LogP contribution in [0.2, 0.25) is 0 Å². The Balaban J connectivity index is 1.64. The maximum absolute atomic E-state index is 12.4. The van der Waals surface area contributed by atoms with Crippen molar-refractivity contribution in [1.29, 1.82) is 0 Å². The van der Waals surface area contributed by atoms with Crippen LogP contribution in [0.4, 0.5) is 5.00 Å². The van der Waals surface area contributed by atoms with Crippen molar-refractivity contribution in [3.05, 3.63) is 28.2 Å². The Morgan fingerprint density at radius 1 is 1.19 bits per heavy atom. The molecule has 1 N–H and O–H groups in total. The number of fused-ring (bicyclic) bond motifs is 1. The molecule has 3 rings (SSSR count). The molecule has 3 amide bonds. The summed E-state index contributed by atoms with van der Waals surface area (Å²) in [4.78, 5) is 51.3.